The average molecular weight is 183 g/mol. The van der Waals surface area contributed by atoms with E-state index in [9.17, 15) is 4.79 Å². The largest absolute Gasteiger partial charge is 0.389 e. The number of piperidine rings is 1. The first-order chi connectivity index (χ1) is 6.22. The molecule has 2 aliphatic heterocycles. The van der Waals surface area contributed by atoms with Gasteiger partial charge in [-0.15, -0.1) is 0 Å². The number of nitrogens with two attached hydrogens (primary N) is 1. The van der Waals surface area contributed by atoms with E-state index in [2.05, 4.69) is 10.5 Å². The fourth-order valence-electron chi connectivity index (χ4n) is 1.88. The predicted octanol–water partition coefficient (Wildman–Crippen LogP) is -0.631. The van der Waals surface area contributed by atoms with Gasteiger partial charge < -0.3 is 15.9 Å². The van der Waals surface area contributed by atoms with Gasteiger partial charge in [0.05, 0.1) is 6.04 Å². The van der Waals surface area contributed by atoms with Crippen molar-refractivity contribution in [1.82, 2.24) is 5.32 Å². The Morgan fingerprint density at radius 2 is 2.62 bits per heavy atom. The number of primary amides is 1. The molecule has 1 fully saturated rings. The Hall–Kier alpha value is -1.10. The molecule has 1 saturated heterocycles. The summed E-state index contributed by atoms with van der Waals surface area (Å²) in [6.45, 7) is 0.761. The summed E-state index contributed by atoms with van der Waals surface area (Å²) < 4.78 is 0. The lowest BCUT2D eigenvalue weighted by Crippen LogP contribution is -2.53. The number of carbonyl (C=O) groups is 1. The molecule has 13 heavy (non-hydrogen) atoms. The molecule has 0 aromatic heterocycles. The first-order valence-corrected chi connectivity index (χ1v) is 4.45. The molecular weight excluding hydrogens is 170 g/mol. The number of nitrogens with one attached hydrogen (secondary N) is 1. The Morgan fingerprint density at radius 3 is 3.23 bits per heavy atom. The van der Waals surface area contributed by atoms with Gasteiger partial charge in [-0.05, 0) is 6.54 Å². The van der Waals surface area contributed by atoms with E-state index >= 15 is 0 Å². The van der Waals surface area contributed by atoms with Crippen molar-refractivity contribution in [1.29, 1.82) is 0 Å². The fraction of sp³-hybridized carbons (Fsp3) is 0.750. The van der Waals surface area contributed by atoms with Crippen molar-refractivity contribution in [3.8, 4) is 0 Å². The Bertz CT molecular complexity index is 244. The van der Waals surface area contributed by atoms with Crippen LogP contribution in [0.2, 0.25) is 0 Å². The summed E-state index contributed by atoms with van der Waals surface area (Å²) in [6, 6.07) is -0.268. The number of carbonyl (C=O) groups excluding carboxylic acids is 1. The van der Waals surface area contributed by atoms with Gasteiger partial charge in [-0.3, -0.25) is 4.79 Å². The van der Waals surface area contributed by atoms with Gasteiger partial charge in [0, 0.05) is 25.5 Å². The van der Waals surface area contributed by atoms with Crippen molar-refractivity contribution in [3.63, 3.8) is 0 Å². The second kappa shape index (κ2) is 2.99. The van der Waals surface area contributed by atoms with Crippen LogP contribution in [0.4, 0.5) is 0 Å². The zero-order valence-electron chi connectivity index (χ0n) is 7.32. The molecule has 72 valence electrons. The number of nitrogens with zero attached hydrogens (tertiary/aromatic N) is 1. The molecule has 1 amide bonds. The number of hydrogen-bond donors (Lipinski definition) is 2. The highest BCUT2D eigenvalue weighted by molar-refractivity contribution is 5.80. The SMILES string of the molecule is NC(=O)C1CC2(CC=NO2)CCN1. The van der Waals surface area contributed by atoms with Gasteiger partial charge in [-0.1, -0.05) is 5.16 Å². The molecule has 2 rings (SSSR count). The minimum atomic E-state index is -0.311. The van der Waals surface area contributed by atoms with E-state index < -0.39 is 0 Å². The number of rotatable bonds is 1. The topological polar surface area (TPSA) is 76.7 Å². The maximum Gasteiger partial charge on any atom is 0.234 e. The molecule has 2 atom stereocenters. The van der Waals surface area contributed by atoms with Crippen molar-refractivity contribution in [2.45, 2.75) is 30.9 Å². The van der Waals surface area contributed by atoms with Crippen molar-refractivity contribution in [3.05, 3.63) is 0 Å². The molecule has 5 nitrogen and oxygen atoms in total. The van der Waals surface area contributed by atoms with Crippen LogP contribution in [0.25, 0.3) is 0 Å². The lowest BCUT2D eigenvalue weighted by molar-refractivity contribution is -0.124. The summed E-state index contributed by atoms with van der Waals surface area (Å²) in [5.74, 6) is -0.311. The molecule has 0 aromatic rings. The highest BCUT2D eigenvalue weighted by atomic mass is 16.7. The summed E-state index contributed by atoms with van der Waals surface area (Å²) in [7, 11) is 0. The second-order valence-electron chi connectivity index (χ2n) is 3.63. The smallest absolute Gasteiger partial charge is 0.234 e. The molecule has 0 saturated carbocycles. The Labute approximate surface area is 76.3 Å². The zero-order chi connectivity index (χ0) is 9.31. The lowest BCUT2D eigenvalue weighted by atomic mass is 9.85. The van der Waals surface area contributed by atoms with Gasteiger partial charge >= 0.3 is 0 Å². The maximum atomic E-state index is 11.0. The Morgan fingerprint density at radius 1 is 1.77 bits per heavy atom. The van der Waals surface area contributed by atoms with Crippen LogP contribution in [0.5, 0.6) is 0 Å². The third kappa shape index (κ3) is 1.51. The third-order valence-electron chi connectivity index (χ3n) is 2.68. The summed E-state index contributed by atoms with van der Waals surface area (Å²) in [5.41, 5.74) is 4.96. The quantitative estimate of drug-likeness (QED) is 0.568. The van der Waals surface area contributed by atoms with E-state index in [0.717, 1.165) is 19.4 Å². The van der Waals surface area contributed by atoms with Crippen LogP contribution >= 0.6 is 0 Å². The summed E-state index contributed by atoms with van der Waals surface area (Å²) in [4.78, 5) is 16.2. The predicted molar refractivity (Wildman–Crippen MR) is 47.1 cm³/mol. The number of amides is 1. The lowest BCUT2D eigenvalue weighted by Gasteiger charge is -2.34. The molecular formula is C8H13N3O2. The van der Waals surface area contributed by atoms with Crippen molar-refractivity contribution in [2.75, 3.05) is 6.54 Å². The van der Waals surface area contributed by atoms with Crippen LogP contribution in [0.3, 0.4) is 0 Å². The van der Waals surface area contributed by atoms with Gasteiger partial charge in [0.25, 0.3) is 0 Å². The highest BCUT2D eigenvalue weighted by Gasteiger charge is 2.41. The van der Waals surface area contributed by atoms with Crippen LogP contribution < -0.4 is 11.1 Å². The Balaban J connectivity index is 2.03. The van der Waals surface area contributed by atoms with E-state index in [-0.39, 0.29) is 17.6 Å². The molecule has 0 aromatic carbocycles. The highest BCUT2D eigenvalue weighted by Crippen LogP contribution is 2.32. The van der Waals surface area contributed by atoms with Gasteiger partial charge in [0.2, 0.25) is 5.91 Å². The van der Waals surface area contributed by atoms with Crippen molar-refractivity contribution >= 4 is 12.1 Å². The number of oxime groups is 1. The van der Waals surface area contributed by atoms with Gasteiger partial charge in [0.15, 0.2) is 0 Å². The Kier molecular flexibility index (Phi) is 1.95. The van der Waals surface area contributed by atoms with Crippen LogP contribution in [0.15, 0.2) is 5.16 Å². The van der Waals surface area contributed by atoms with E-state index in [1.807, 2.05) is 0 Å². The third-order valence-corrected chi connectivity index (χ3v) is 2.68. The van der Waals surface area contributed by atoms with E-state index in [4.69, 9.17) is 10.6 Å². The average Bonchev–Trinajstić information content (AvgIpc) is 2.53. The molecule has 5 heteroatoms. The molecule has 0 aliphatic carbocycles. The number of hydrogen-bond acceptors (Lipinski definition) is 4. The van der Waals surface area contributed by atoms with E-state index in [1.54, 1.807) is 6.21 Å². The summed E-state index contributed by atoms with van der Waals surface area (Å²) in [6.07, 6.45) is 4.06. The first-order valence-electron chi connectivity index (χ1n) is 4.45. The fourth-order valence-corrected chi connectivity index (χ4v) is 1.88. The van der Waals surface area contributed by atoms with Gasteiger partial charge in [0.1, 0.15) is 5.60 Å². The molecule has 1 spiro atoms. The van der Waals surface area contributed by atoms with E-state index in [0.29, 0.717) is 6.42 Å². The molecule has 0 bridgehead atoms. The van der Waals surface area contributed by atoms with E-state index in [1.165, 1.54) is 0 Å². The van der Waals surface area contributed by atoms with Crippen LogP contribution in [-0.4, -0.2) is 30.3 Å². The molecule has 2 heterocycles. The minimum Gasteiger partial charge on any atom is -0.389 e. The molecule has 0 radical (unpaired) electrons. The monoisotopic (exact) mass is 183 g/mol. The molecule has 3 N–H and O–H groups in total. The maximum absolute atomic E-state index is 11.0. The summed E-state index contributed by atoms with van der Waals surface area (Å²) in [5, 5.41) is 6.81. The van der Waals surface area contributed by atoms with Crippen LogP contribution in [-0.2, 0) is 9.63 Å². The normalized spacial score (nSPS) is 37.7. The summed E-state index contributed by atoms with van der Waals surface area (Å²) >= 11 is 0. The first kappa shape index (κ1) is 8.50. The molecule has 2 aliphatic rings. The minimum absolute atomic E-state index is 0.259. The van der Waals surface area contributed by atoms with Crippen LogP contribution in [0, 0.1) is 0 Å². The van der Waals surface area contributed by atoms with Crippen molar-refractivity contribution < 1.29 is 9.63 Å². The standard InChI is InChI=1S/C8H13N3O2/c9-7(12)6-5-8(1-3-10-6)2-4-11-13-8/h4,6,10H,1-3,5H2,(H2,9,12). The van der Waals surface area contributed by atoms with Gasteiger partial charge in [-0.25, -0.2) is 0 Å². The van der Waals surface area contributed by atoms with Crippen LogP contribution in [0.1, 0.15) is 19.3 Å². The van der Waals surface area contributed by atoms with Gasteiger partial charge in [-0.2, -0.15) is 0 Å². The zero-order valence-corrected chi connectivity index (χ0v) is 7.32. The molecule has 2 unspecified atom stereocenters. The van der Waals surface area contributed by atoms with Crippen molar-refractivity contribution in [2.24, 2.45) is 10.9 Å². The second-order valence-corrected chi connectivity index (χ2v) is 3.63.